The number of carboxylic acids is 1. The first-order valence-corrected chi connectivity index (χ1v) is 3.13. The maximum atomic E-state index is 12.0. The van der Waals surface area contributed by atoms with Crippen molar-refractivity contribution in [2.24, 2.45) is 5.92 Å². The van der Waals surface area contributed by atoms with Crippen LogP contribution in [0, 0.1) is 5.92 Å². The van der Waals surface area contributed by atoms with Gasteiger partial charge in [0, 0.05) is 13.6 Å². The summed E-state index contributed by atoms with van der Waals surface area (Å²) < 4.78 is 12.0. The lowest BCUT2D eigenvalue weighted by Gasteiger charge is -2.07. The molecule has 1 N–H and O–H groups in total. The first-order valence-electron chi connectivity index (χ1n) is 3.13. The SMILES string of the molecule is CC(CCN(C)F)C(=O)O. The molecular weight excluding hydrogens is 137 g/mol. The van der Waals surface area contributed by atoms with Crippen LogP contribution in [0.15, 0.2) is 0 Å². The number of halogens is 1. The molecule has 0 spiro atoms. The molecule has 0 saturated heterocycles. The summed E-state index contributed by atoms with van der Waals surface area (Å²) in [4.78, 5) is 10.2. The smallest absolute Gasteiger partial charge is 0.306 e. The predicted octanol–water partition coefficient (Wildman–Crippen LogP) is 0.913. The molecule has 0 amide bonds. The zero-order valence-corrected chi connectivity index (χ0v) is 6.17. The van der Waals surface area contributed by atoms with Crippen molar-refractivity contribution in [3.8, 4) is 0 Å². The van der Waals surface area contributed by atoms with Crippen LogP contribution in [-0.4, -0.2) is 29.8 Å². The molecule has 0 aliphatic carbocycles. The lowest BCUT2D eigenvalue weighted by atomic mass is 10.1. The van der Waals surface area contributed by atoms with Crippen molar-refractivity contribution in [2.75, 3.05) is 13.6 Å². The lowest BCUT2D eigenvalue weighted by molar-refractivity contribution is -0.141. The number of nitrogens with zero attached hydrogens (tertiary/aromatic N) is 1. The Labute approximate surface area is 59.4 Å². The van der Waals surface area contributed by atoms with Gasteiger partial charge in [-0.25, -0.2) is 0 Å². The van der Waals surface area contributed by atoms with Crippen molar-refractivity contribution in [1.82, 2.24) is 5.12 Å². The highest BCUT2D eigenvalue weighted by Gasteiger charge is 2.10. The third-order valence-corrected chi connectivity index (χ3v) is 1.29. The van der Waals surface area contributed by atoms with E-state index in [0.29, 0.717) is 11.5 Å². The fraction of sp³-hybridized carbons (Fsp3) is 0.833. The van der Waals surface area contributed by atoms with Crippen LogP contribution in [0.5, 0.6) is 0 Å². The Morgan fingerprint density at radius 3 is 2.60 bits per heavy atom. The summed E-state index contributed by atoms with van der Waals surface area (Å²) in [5.74, 6) is -1.33. The normalized spacial score (nSPS) is 13.6. The van der Waals surface area contributed by atoms with Gasteiger partial charge in [0.15, 0.2) is 0 Å². The molecule has 0 aromatic heterocycles. The van der Waals surface area contributed by atoms with Crippen LogP contribution in [0.2, 0.25) is 0 Å². The van der Waals surface area contributed by atoms with Crippen LogP contribution in [0.4, 0.5) is 4.48 Å². The lowest BCUT2D eigenvalue weighted by Crippen LogP contribution is -2.16. The van der Waals surface area contributed by atoms with Gasteiger partial charge in [-0.05, 0) is 6.42 Å². The molecule has 0 aromatic carbocycles. The van der Waals surface area contributed by atoms with Crippen LogP contribution < -0.4 is 0 Å². The fourth-order valence-corrected chi connectivity index (χ4v) is 0.495. The van der Waals surface area contributed by atoms with Crippen molar-refractivity contribution in [3.05, 3.63) is 0 Å². The third kappa shape index (κ3) is 4.26. The van der Waals surface area contributed by atoms with Gasteiger partial charge in [-0.15, -0.1) is 9.60 Å². The van der Waals surface area contributed by atoms with Gasteiger partial charge in [-0.2, -0.15) is 0 Å². The molecule has 1 atom stereocenters. The average Bonchev–Trinajstić information content (AvgIpc) is 1.82. The van der Waals surface area contributed by atoms with E-state index in [1.54, 1.807) is 6.92 Å². The number of aliphatic carboxylic acids is 1. The number of carboxylic acid groups (broad SMARTS) is 1. The maximum Gasteiger partial charge on any atom is 0.306 e. The van der Waals surface area contributed by atoms with Crippen molar-refractivity contribution in [3.63, 3.8) is 0 Å². The summed E-state index contributed by atoms with van der Waals surface area (Å²) in [6.07, 6.45) is 0.350. The molecule has 0 aliphatic heterocycles. The van der Waals surface area contributed by atoms with E-state index in [1.165, 1.54) is 7.05 Å². The third-order valence-electron chi connectivity index (χ3n) is 1.29. The van der Waals surface area contributed by atoms with Crippen molar-refractivity contribution < 1.29 is 14.4 Å². The highest BCUT2D eigenvalue weighted by Crippen LogP contribution is 2.02. The van der Waals surface area contributed by atoms with E-state index in [4.69, 9.17) is 5.11 Å². The second-order valence-corrected chi connectivity index (χ2v) is 2.36. The topological polar surface area (TPSA) is 40.5 Å². The van der Waals surface area contributed by atoms with Gasteiger partial charge < -0.3 is 5.11 Å². The molecule has 0 rings (SSSR count). The van der Waals surface area contributed by atoms with E-state index in [-0.39, 0.29) is 6.54 Å². The molecule has 0 aromatic rings. The minimum absolute atomic E-state index is 0.174. The number of hydrogen-bond acceptors (Lipinski definition) is 2. The van der Waals surface area contributed by atoms with E-state index < -0.39 is 11.9 Å². The van der Waals surface area contributed by atoms with Crippen molar-refractivity contribution >= 4 is 5.97 Å². The summed E-state index contributed by atoms with van der Waals surface area (Å²) in [5, 5.41) is 8.84. The summed E-state index contributed by atoms with van der Waals surface area (Å²) in [7, 11) is 1.27. The molecule has 0 fully saturated rings. The Morgan fingerprint density at radius 1 is 1.80 bits per heavy atom. The number of carbonyl (C=O) groups is 1. The van der Waals surface area contributed by atoms with Gasteiger partial charge >= 0.3 is 5.97 Å². The quantitative estimate of drug-likeness (QED) is 0.604. The summed E-state index contributed by atoms with van der Waals surface area (Å²) in [6, 6.07) is 0. The monoisotopic (exact) mass is 149 g/mol. The molecule has 4 heteroatoms. The Balaban J connectivity index is 3.40. The zero-order valence-electron chi connectivity index (χ0n) is 6.17. The summed E-state index contributed by atoms with van der Waals surface area (Å²) in [6.45, 7) is 1.74. The second kappa shape index (κ2) is 4.22. The van der Waals surface area contributed by atoms with Crippen LogP contribution in [0.25, 0.3) is 0 Å². The molecule has 0 saturated carbocycles. The summed E-state index contributed by atoms with van der Waals surface area (Å²) >= 11 is 0. The van der Waals surface area contributed by atoms with Crippen LogP contribution in [-0.2, 0) is 4.79 Å². The second-order valence-electron chi connectivity index (χ2n) is 2.36. The van der Waals surface area contributed by atoms with E-state index in [1.807, 2.05) is 0 Å². The predicted molar refractivity (Wildman–Crippen MR) is 35.2 cm³/mol. The van der Waals surface area contributed by atoms with Crippen LogP contribution in [0.1, 0.15) is 13.3 Å². The molecule has 0 heterocycles. The number of rotatable bonds is 4. The van der Waals surface area contributed by atoms with E-state index in [9.17, 15) is 9.28 Å². The van der Waals surface area contributed by atoms with Gasteiger partial charge in [0.1, 0.15) is 0 Å². The molecule has 3 nitrogen and oxygen atoms in total. The van der Waals surface area contributed by atoms with Gasteiger partial charge in [-0.1, -0.05) is 6.92 Å². The average molecular weight is 149 g/mol. The Bertz CT molecular complexity index is 116. The van der Waals surface area contributed by atoms with Gasteiger partial charge in [0.05, 0.1) is 5.92 Å². The minimum atomic E-state index is -0.873. The van der Waals surface area contributed by atoms with Crippen molar-refractivity contribution in [1.29, 1.82) is 0 Å². The van der Waals surface area contributed by atoms with Gasteiger partial charge in [0.2, 0.25) is 0 Å². The van der Waals surface area contributed by atoms with E-state index in [0.717, 1.165) is 0 Å². The highest BCUT2D eigenvalue weighted by molar-refractivity contribution is 5.69. The molecule has 0 radical (unpaired) electrons. The largest absolute Gasteiger partial charge is 0.481 e. The molecule has 0 bridgehead atoms. The highest BCUT2D eigenvalue weighted by atomic mass is 19.2. The summed E-state index contributed by atoms with van der Waals surface area (Å²) in [5.41, 5.74) is 0. The van der Waals surface area contributed by atoms with Gasteiger partial charge in [0.25, 0.3) is 0 Å². The molecule has 1 unspecified atom stereocenters. The zero-order chi connectivity index (χ0) is 8.15. The van der Waals surface area contributed by atoms with E-state index in [2.05, 4.69) is 0 Å². The van der Waals surface area contributed by atoms with Crippen molar-refractivity contribution in [2.45, 2.75) is 13.3 Å². The number of hydrogen-bond donors (Lipinski definition) is 1. The maximum absolute atomic E-state index is 12.0. The minimum Gasteiger partial charge on any atom is -0.481 e. The fourth-order valence-electron chi connectivity index (χ4n) is 0.495. The standard InChI is InChI=1S/C6H12FNO2/c1-5(6(9)10)3-4-8(2)7/h5H,3-4H2,1-2H3,(H,9,10). The Kier molecular flexibility index (Phi) is 3.95. The Hall–Kier alpha value is -0.640. The van der Waals surface area contributed by atoms with Crippen LogP contribution in [0.3, 0.4) is 0 Å². The first kappa shape index (κ1) is 9.36. The van der Waals surface area contributed by atoms with E-state index >= 15 is 0 Å². The molecule has 0 aliphatic rings. The molecule has 10 heavy (non-hydrogen) atoms. The van der Waals surface area contributed by atoms with Gasteiger partial charge in [-0.3, -0.25) is 4.79 Å². The first-order chi connectivity index (χ1) is 4.54. The Morgan fingerprint density at radius 2 is 2.30 bits per heavy atom. The molecule has 60 valence electrons. The molecular formula is C6H12FNO2. The van der Waals surface area contributed by atoms with Crippen LogP contribution >= 0.6 is 0 Å².